The van der Waals surface area contributed by atoms with Crippen molar-refractivity contribution in [1.82, 2.24) is 4.57 Å². The van der Waals surface area contributed by atoms with Crippen molar-refractivity contribution in [2.45, 2.75) is 10.8 Å². The first-order valence-electron chi connectivity index (χ1n) is 31.3. The highest BCUT2D eigenvalue weighted by Crippen LogP contribution is 2.60. The average molecular weight is 1140 g/mol. The Labute approximate surface area is 524 Å². The summed E-state index contributed by atoms with van der Waals surface area (Å²) in [5, 5.41) is 7.12. The molecule has 2 aliphatic rings. The Morgan fingerprint density at radius 2 is 0.656 bits per heavy atom. The summed E-state index contributed by atoms with van der Waals surface area (Å²) < 4.78 is 2.41. The molecule has 0 radical (unpaired) electrons. The fraction of sp³-hybridized carbons (Fsp3) is 0.0227. The molecule has 2 nitrogen and oxygen atoms in total. The van der Waals surface area contributed by atoms with Crippen LogP contribution in [0, 0.1) is 0 Å². The van der Waals surface area contributed by atoms with Crippen LogP contribution in [0.5, 0.6) is 0 Å². The quantitative estimate of drug-likeness (QED) is 0.124. The van der Waals surface area contributed by atoms with E-state index in [1.807, 2.05) is 0 Å². The molecule has 0 spiro atoms. The van der Waals surface area contributed by atoms with Crippen molar-refractivity contribution in [3.05, 3.63) is 396 Å². The highest BCUT2D eigenvalue weighted by Gasteiger charge is 2.48. The van der Waals surface area contributed by atoms with Gasteiger partial charge in [0.15, 0.2) is 0 Å². The Hall–Kier alpha value is -11.6. The van der Waals surface area contributed by atoms with Crippen molar-refractivity contribution in [2.75, 3.05) is 4.90 Å². The van der Waals surface area contributed by atoms with Gasteiger partial charge < -0.3 is 9.47 Å². The van der Waals surface area contributed by atoms with E-state index >= 15 is 0 Å². The first kappa shape index (κ1) is 51.6. The topological polar surface area (TPSA) is 8.17 Å². The highest BCUT2D eigenvalue weighted by atomic mass is 15.1. The second-order valence-electron chi connectivity index (χ2n) is 24.1. The lowest BCUT2D eigenvalue weighted by Crippen LogP contribution is -2.28. The zero-order valence-corrected chi connectivity index (χ0v) is 49.4. The third kappa shape index (κ3) is 7.46. The summed E-state index contributed by atoms with van der Waals surface area (Å²) in [6, 6.07) is 132. The minimum absolute atomic E-state index is 0.584. The molecule has 0 atom stereocenters. The minimum atomic E-state index is -0.602. The van der Waals surface area contributed by atoms with Gasteiger partial charge in [0.1, 0.15) is 0 Å². The molecule has 2 aliphatic carbocycles. The number of anilines is 3. The number of para-hydroxylation sites is 3. The summed E-state index contributed by atoms with van der Waals surface area (Å²) in [6.07, 6.45) is 0. The van der Waals surface area contributed by atoms with Gasteiger partial charge in [-0.15, -0.1) is 0 Å². The van der Waals surface area contributed by atoms with Gasteiger partial charge in [0, 0.05) is 33.2 Å². The van der Waals surface area contributed by atoms with Crippen LogP contribution < -0.4 is 4.90 Å². The van der Waals surface area contributed by atoms with Crippen LogP contribution in [0.15, 0.2) is 352 Å². The van der Waals surface area contributed by atoms with Crippen molar-refractivity contribution in [3.8, 4) is 50.2 Å². The monoisotopic (exact) mass is 1140 g/mol. The first-order chi connectivity index (χ1) is 44.7. The Bertz CT molecular complexity index is 5380. The van der Waals surface area contributed by atoms with Crippen LogP contribution in [-0.4, -0.2) is 4.57 Å². The molecule has 0 N–H and O–H groups in total. The van der Waals surface area contributed by atoms with E-state index in [9.17, 15) is 0 Å². The molecule has 18 rings (SSSR count). The molecule has 90 heavy (non-hydrogen) atoms. The van der Waals surface area contributed by atoms with Gasteiger partial charge in [-0.05, 0) is 172 Å². The molecule has 16 aromatic rings. The van der Waals surface area contributed by atoms with E-state index in [4.69, 9.17) is 0 Å². The molecule has 0 unspecified atom stereocenters. The fourth-order valence-electron chi connectivity index (χ4n) is 16.2. The maximum atomic E-state index is 2.56. The standard InChI is InChI=1S/C88H58N2/c1-7-28-61(29-8-1)87(62-30-9-2-10-31-62)77-46-24-21-40-68(77)70-53-50-59(56-79(70)87)84-73-43-19-20-44-74(73)85(60-51-54-71-69-41-22-25-47-78(69)88(80(71)57-60,63-32-11-3-12-33-63)64-34-13-4-14-35-64)86-75(84)45-27-49-83(86)89(65-36-15-5-16-37-65)67-52-55-82-76(58-67)72-42-23-26-48-81(72)90(82)66-38-17-6-18-39-66/h1-58H. The van der Waals surface area contributed by atoms with Gasteiger partial charge in [-0.2, -0.15) is 0 Å². The Balaban J connectivity index is 0.967. The molecule has 0 bridgehead atoms. The summed E-state index contributed by atoms with van der Waals surface area (Å²) >= 11 is 0. The molecule has 15 aromatic carbocycles. The molecular weight excluding hydrogens is 1080 g/mol. The van der Waals surface area contributed by atoms with Crippen molar-refractivity contribution < 1.29 is 0 Å². The maximum absolute atomic E-state index is 2.56. The van der Waals surface area contributed by atoms with Crippen molar-refractivity contribution >= 4 is 60.4 Å². The van der Waals surface area contributed by atoms with Gasteiger partial charge in [0.25, 0.3) is 0 Å². The lowest BCUT2D eigenvalue weighted by molar-refractivity contribution is 0.769. The number of hydrogen-bond donors (Lipinski definition) is 0. The predicted molar refractivity (Wildman–Crippen MR) is 376 cm³/mol. The van der Waals surface area contributed by atoms with Crippen molar-refractivity contribution in [3.63, 3.8) is 0 Å². The van der Waals surface area contributed by atoms with Crippen LogP contribution >= 0.6 is 0 Å². The molecule has 420 valence electrons. The molecule has 0 saturated carbocycles. The normalized spacial score (nSPS) is 13.3. The second kappa shape index (κ2) is 20.5. The van der Waals surface area contributed by atoms with E-state index in [0.717, 1.165) is 33.8 Å². The lowest BCUT2D eigenvalue weighted by atomic mass is 9.67. The highest BCUT2D eigenvalue weighted by molar-refractivity contribution is 6.25. The van der Waals surface area contributed by atoms with E-state index in [1.165, 1.54) is 121 Å². The van der Waals surface area contributed by atoms with Crippen LogP contribution in [0.4, 0.5) is 17.1 Å². The van der Waals surface area contributed by atoms with Gasteiger partial charge in [0.2, 0.25) is 0 Å². The summed E-state index contributed by atoms with van der Waals surface area (Å²) in [4.78, 5) is 2.52. The predicted octanol–water partition coefficient (Wildman–Crippen LogP) is 22.6. The number of hydrogen-bond acceptors (Lipinski definition) is 1. The molecule has 0 amide bonds. The molecule has 2 heteroatoms. The Morgan fingerprint density at radius 3 is 1.20 bits per heavy atom. The van der Waals surface area contributed by atoms with Crippen LogP contribution in [-0.2, 0) is 10.8 Å². The third-order valence-electron chi connectivity index (χ3n) is 19.7. The molecule has 0 aliphatic heterocycles. The number of fused-ring (bicyclic) bond motifs is 11. The number of aromatic nitrogens is 1. The Morgan fingerprint density at radius 1 is 0.244 bits per heavy atom. The van der Waals surface area contributed by atoms with Crippen molar-refractivity contribution in [1.29, 1.82) is 0 Å². The van der Waals surface area contributed by atoms with Crippen LogP contribution in [0.2, 0.25) is 0 Å². The van der Waals surface area contributed by atoms with E-state index in [0.29, 0.717) is 0 Å². The van der Waals surface area contributed by atoms with Gasteiger partial charge in [-0.3, -0.25) is 0 Å². The minimum Gasteiger partial charge on any atom is -0.310 e. The van der Waals surface area contributed by atoms with Gasteiger partial charge in [-0.1, -0.05) is 285 Å². The van der Waals surface area contributed by atoms with Crippen LogP contribution in [0.3, 0.4) is 0 Å². The molecular formula is C88H58N2. The summed E-state index contributed by atoms with van der Waals surface area (Å²) in [5.74, 6) is 0. The average Bonchev–Trinajstić information content (AvgIpc) is 1.48. The smallest absolute Gasteiger partial charge is 0.0713 e. The lowest BCUT2D eigenvalue weighted by Gasteiger charge is -2.34. The fourth-order valence-corrected chi connectivity index (χ4v) is 16.2. The largest absolute Gasteiger partial charge is 0.310 e. The van der Waals surface area contributed by atoms with Gasteiger partial charge in [-0.25, -0.2) is 0 Å². The Kier molecular flexibility index (Phi) is 11.8. The summed E-state index contributed by atoms with van der Waals surface area (Å²) in [5.41, 5.74) is 25.4. The molecule has 1 heterocycles. The van der Waals surface area contributed by atoms with Crippen molar-refractivity contribution in [2.24, 2.45) is 0 Å². The van der Waals surface area contributed by atoms with Gasteiger partial charge in [0.05, 0.1) is 27.6 Å². The SMILES string of the molecule is c1ccc(N(c2ccc3c(c2)c2ccccc2n3-c2ccccc2)c2cccc3c(-c4ccc5c(c4)C(c4ccccc4)(c4ccccc4)c4ccccc4-5)c4ccccc4c(-c4ccc5c(c4)C(c4ccccc4)(c4ccccc4)c4ccccc4-5)c23)cc1. The van der Waals surface area contributed by atoms with E-state index in [2.05, 4.69) is 361 Å². The van der Waals surface area contributed by atoms with E-state index < -0.39 is 10.8 Å². The summed E-state index contributed by atoms with van der Waals surface area (Å²) in [6.45, 7) is 0. The van der Waals surface area contributed by atoms with Gasteiger partial charge >= 0.3 is 0 Å². The molecule has 0 saturated heterocycles. The zero-order valence-electron chi connectivity index (χ0n) is 49.4. The number of nitrogens with zero attached hydrogens (tertiary/aromatic N) is 2. The first-order valence-corrected chi connectivity index (χ1v) is 31.3. The maximum Gasteiger partial charge on any atom is 0.0713 e. The third-order valence-corrected chi connectivity index (χ3v) is 19.7. The number of rotatable bonds is 10. The number of benzene rings is 15. The summed E-state index contributed by atoms with van der Waals surface area (Å²) in [7, 11) is 0. The van der Waals surface area contributed by atoms with E-state index in [-0.39, 0.29) is 0 Å². The second-order valence-corrected chi connectivity index (χ2v) is 24.1. The van der Waals surface area contributed by atoms with E-state index in [1.54, 1.807) is 0 Å². The zero-order chi connectivity index (χ0) is 59.3. The molecule has 1 aromatic heterocycles. The van der Waals surface area contributed by atoms with Crippen LogP contribution in [0.1, 0.15) is 44.5 Å². The van der Waals surface area contributed by atoms with Crippen LogP contribution in [0.25, 0.3) is 93.5 Å². The molecule has 0 fully saturated rings.